The van der Waals surface area contributed by atoms with Crippen molar-refractivity contribution in [3.8, 4) is 0 Å². The molecule has 0 bridgehead atoms. The van der Waals surface area contributed by atoms with E-state index in [1.165, 1.54) is 44.2 Å². The molecule has 0 nitrogen and oxygen atoms in total. The van der Waals surface area contributed by atoms with Crippen LogP contribution in [0.25, 0.3) is 0 Å². The Morgan fingerprint density at radius 3 is 1.40 bits per heavy atom. The van der Waals surface area contributed by atoms with Gasteiger partial charge in [0.1, 0.15) is 0 Å². The number of benzene rings is 1. The summed E-state index contributed by atoms with van der Waals surface area (Å²) >= 11 is 0. The molecule has 1 aromatic carbocycles. The van der Waals surface area contributed by atoms with Gasteiger partial charge in [-0.2, -0.15) is 13.2 Å². The van der Waals surface area contributed by atoms with E-state index in [1.807, 2.05) is 0 Å². The summed E-state index contributed by atoms with van der Waals surface area (Å²) in [5, 5.41) is 0. The maximum atomic E-state index is 11.8. The Morgan fingerprint density at radius 1 is 0.733 bits per heavy atom. The van der Waals surface area contributed by atoms with Gasteiger partial charge in [0.2, 0.25) is 0 Å². The fraction of sp³-hybridized carbons (Fsp3) is 0.500. The third-order valence-electron chi connectivity index (χ3n) is 2.35. The van der Waals surface area contributed by atoms with E-state index in [-0.39, 0.29) is 0 Å². The van der Waals surface area contributed by atoms with Gasteiger partial charge in [-0.15, -0.1) is 0 Å². The molecule has 0 saturated heterocycles. The van der Waals surface area contributed by atoms with Crippen molar-refractivity contribution >= 4 is 0 Å². The van der Waals surface area contributed by atoms with E-state index in [9.17, 15) is 13.2 Å². The highest BCUT2D eigenvalue weighted by atomic mass is 19.4. The average molecular weight is 216 g/mol. The Bertz CT molecular complexity index is 252. The molecule has 0 heterocycles. The second-order valence-electron chi connectivity index (χ2n) is 3.63. The number of hydrogen-bond donors (Lipinski definition) is 0. The molecule has 1 aromatic rings. The second kappa shape index (κ2) is 5.79. The maximum Gasteiger partial charge on any atom is 0.416 e. The smallest absolute Gasteiger partial charge is 0.166 e. The van der Waals surface area contributed by atoms with Crippen molar-refractivity contribution in [1.82, 2.24) is 0 Å². The zero-order valence-electron chi connectivity index (χ0n) is 8.56. The molecule has 1 aliphatic rings. The molecule has 0 atom stereocenters. The first-order valence-electron chi connectivity index (χ1n) is 5.23. The van der Waals surface area contributed by atoms with E-state index in [2.05, 4.69) is 0 Å². The van der Waals surface area contributed by atoms with Crippen molar-refractivity contribution < 1.29 is 13.2 Å². The lowest BCUT2D eigenvalue weighted by Crippen LogP contribution is -2.03. The summed E-state index contributed by atoms with van der Waals surface area (Å²) in [5.41, 5.74) is -0.602. The van der Waals surface area contributed by atoms with E-state index in [1.54, 1.807) is 6.07 Å². The monoisotopic (exact) mass is 216 g/mol. The number of halogens is 3. The summed E-state index contributed by atoms with van der Waals surface area (Å²) in [6.45, 7) is 0. The first-order chi connectivity index (χ1) is 7.11. The third-order valence-corrected chi connectivity index (χ3v) is 2.35. The van der Waals surface area contributed by atoms with Crippen LogP contribution in [0.4, 0.5) is 13.2 Å². The average Bonchev–Trinajstić information content (AvgIpc) is 2.76. The lowest BCUT2D eigenvalue weighted by Gasteiger charge is -2.03. The van der Waals surface area contributed by atoms with Crippen LogP contribution in [0.3, 0.4) is 0 Å². The van der Waals surface area contributed by atoms with Crippen molar-refractivity contribution in [2.24, 2.45) is 0 Å². The Morgan fingerprint density at radius 2 is 1.13 bits per heavy atom. The Balaban J connectivity index is 0.000000187. The van der Waals surface area contributed by atoms with Gasteiger partial charge in [0.15, 0.2) is 0 Å². The van der Waals surface area contributed by atoms with Crippen molar-refractivity contribution in [3.05, 3.63) is 35.9 Å². The van der Waals surface area contributed by atoms with Crippen molar-refractivity contribution in [2.45, 2.75) is 38.3 Å². The summed E-state index contributed by atoms with van der Waals surface area (Å²) in [7, 11) is 0. The Labute approximate surface area is 88.1 Å². The first kappa shape index (κ1) is 12.1. The lowest BCUT2D eigenvalue weighted by molar-refractivity contribution is -0.137. The number of alkyl halides is 3. The van der Waals surface area contributed by atoms with Gasteiger partial charge < -0.3 is 0 Å². The van der Waals surface area contributed by atoms with Crippen LogP contribution >= 0.6 is 0 Å². The molecule has 0 aliphatic heterocycles. The summed E-state index contributed by atoms with van der Waals surface area (Å²) in [4.78, 5) is 0. The van der Waals surface area contributed by atoms with E-state index < -0.39 is 11.7 Å². The second-order valence-corrected chi connectivity index (χ2v) is 3.63. The first-order valence-corrected chi connectivity index (χ1v) is 5.23. The standard InChI is InChI=1S/C7H5F3.C5H10/c8-7(9,10)6-4-2-1-3-5-6;1-2-4-5-3-1/h1-5H;1-5H2. The summed E-state index contributed by atoms with van der Waals surface area (Å²) < 4.78 is 35.4. The molecule has 0 aromatic heterocycles. The molecule has 0 N–H and O–H groups in total. The van der Waals surface area contributed by atoms with Crippen LogP contribution in [-0.4, -0.2) is 0 Å². The highest BCUT2D eigenvalue weighted by Crippen LogP contribution is 2.28. The van der Waals surface area contributed by atoms with Gasteiger partial charge in [0.25, 0.3) is 0 Å². The van der Waals surface area contributed by atoms with Crippen LogP contribution < -0.4 is 0 Å². The highest BCUT2D eigenvalue weighted by Gasteiger charge is 2.29. The van der Waals surface area contributed by atoms with Gasteiger partial charge in [-0.1, -0.05) is 62.4 Å². The Kier molecular flexibility index (Phi) is 4.66. The van der Waals surface area contributed by atoms with Crippen molar-refractivity contribution in [2.75, 3.05) is 0 Å². The molecule has 0 amide bonds. The molecule has 1 fully saturated rings. The van der Waals surface area contributed by atoms with Crippen LogP contribution in [-0.2, 0) is 6.18 Å². The lowest BCUT2D eigenvalue weighted by atomic mass is 10.2. The molecular formula is C12H15F3. The van der Waals surface area contributed by atoms with Gasteiger partial charge >= 0.3 is 6.18 Å². The maximum absolute atomic E-state index is 11.8. The van der Waals surface area contributed by atoms with Crippen LogP contribution in [0.5, 0.6) is 0 Å². The quantitative estimate of drug-likeness (QED) is 0.591. The van der Waals surface area contributed by atoms with E-state index in [0.29, 0.717) is 0 Å². The van der Waals surface area contributed by atoms with Crippen LogP contribution in [0, 0.1) is 0 Å². The van der Waals surface area contributed by atoms with Gasteiger partial charge in [-0.25, -0.2) is 0 Å². The minimum absolute atomic E-state index is 0.602. The summed E-state index contributed by atoms with van der Waals surface area (Å²) in [5.74, 6) is 0. The SMILES string of the molecule is C1CCCC1.FC(F)(F)c1ccccc1. The highest BCUT2D eigenvalue weighted by molar-refractivity contribution is 5.17. The van der Waals surface area contributed by atoms with Gasteiger partial charge in [0, 0.05) is 0 Å². The number of rotatable bonds is 0. The van der Waals surface area contributed by atoms with E-state index in [4.69, 9.17) is 0 Å². The molecule has 0 spiro atoms. The van der Waals surface area contributed by atoms with E-state index >= 15 is 0 Å². The molecule has 3 heteroatoms. The topological polar surface area (TPSA) is 0 Å². The molecule has 0 unspecified atom stereocenters. The fourth-order valence-corrected chi connectivity index (χ4v) is 1.51. The summed E-state index contributed by atoms with van der Waals surface area (Å²) in [6.07, 6.45) is 3.29. The van der Waals surface area contributed by atoms with Crippen molar-refractivity contribution in [3.63, 3.8) is 0 Å². The predicted octanol–water partition coefficient (Wildman–Crippen LogP) is 4.66. The normalized spacial score (nSPS) is 15.7. The molecule has 0 radical (unpaired) electrons. The number of hydrogen-bond acceptors (Lipinski definition) is 0. The zero-order valence-corrected chi connectivity index (χ0v) is 8.56. The van der Waals surface area contributed by atoms with E-state index in [0.717, 1.165) is 12.1 Å². The van der Waals surface area contributed by atoms with Crippen LogP contribution in [0.1, 0.15) is 37.7 Å². The minimum atomic E-state index is -4.21. The molecule has 15 heavy (non-hydrogen) atoms. The summed E-state index contributed by atoms with van der Waals surface area (Å²) in [6, 6.07) is 6.36. The van der Waals surface area contributed by atoms with Gasteiger partial charge in [-0.05, 0) is 0 Å². The Hall–Kier alpha value is -0.990. The predicted molar refractivity (Wildman–Crippen MR) is 54.5 cm³/mol. The minimum Gasteiger partial charge on any atom is -0.166 e. The fourth-order valence-electron chi connectivity index (χ4n) is 1.51. The molecular weight excluding hydrogens is 201 g/mol. The third kappa shape index (κ3) is 4.86. The molecule has 2 rings (SSSR count). The van der Waals surface area contributed by atoms with Crippen molar-refractivity contribution in [1.29, 1.82) is 0 Å². The largest absolute Gasteiger partial charge is 0.416 e. The molecule has 84 valence electrons. The van der Waals surface area contributed by atoms with Crippen LogP contribution in [0.2, 0.25) is 0 Å². The zero-order chi connectivity index (χ0) is 11.1. The molecule has 1 saturated carbocycles. The van der Waals surface area contributed by atoms with Gasteiger partial charge in [-0.3, -0.25) is 0 Å². The molecule has 1 aliphatic carbocycles. The van der Waals surface area contributed by atoms with Gasteiger partial charge in [0.05, 0.1) is 5.56 Å². The van der Waals surface area contributed by atoms with Crippen LogP contribution in [0.15, 0.2) is 30.3 Å².